The number of piperidine rings is 1. The van der Waals surface area contributed by atoms with E-state index in [1.165, 1.54) is 12.5 Å². The van der Waals surface area contributed by atoms with Crippen LogP contribution < -0.4 is 10.7 Å². The summed E-state index contributed by atoms with van der Waals surface area (Å²) in [5.41, 5.74) is 4.24. The highest BCUT2D eigenvalue weighted by atomic mass is 16.4. The number of carboxylic acids is 1. The van der Waals surface area contributed by atoms with Crippen molar-refractivity contribution >= 4 is 17.7 Å². The van der Waals surface area contributed by atoms with Crippen LogP contribution in [0.4, 0.5) is 10.5 Å². The number of carbonyl (C=O) groups excluding carboxylic acids is 1. The summed E-state index contributed by atoms with van der Waals surface area (Å²) in [4.78, 5) is 22.7. The molecule has 1 saturated heterocycles. The van der Waals surface area contributed by atoms with E-state index in [1.54, 1.807) is 19.1 Å². The Kier molecular flexibility index (Phi) is 4.57. The van der Waals surface area contributed by atoms with Crippen molar-refractivity contribution in [1.29, 1.82) is 0 Å². The maximum Gasteiger partial charge on any atom is 0.335 e. The number of anilines is 1. The highest BCUT2D eigenvalue weighted by Crippen LogP contribution is 2.15. The van der Waals surface area contributed by atoms with E-state index in [2.05, 4.69) is 10.7 Å². The van der Waals surface area contributed by atoms with Crippen LogP contribution >= 0.6 is 0 Å². The Bertz CT molecular complexity index is 510. The van der Waals surface area contributed by atoms with Gasteiger partial charge in [0.25, 0.3) is 0 Å². The van der Waals surface area contributed by atoms with Crippen LogP contribution in [-0.4, -0.2) is 35.2 Å². The fourth-order valence-electron chi connectivity index (χ4n) is 2.29. The largest absolute Gasteiger partial charge is 0.478 e. The minimum atomic E-state index is -0.966. The molecule has 0 atom stereocenters. The maximum atomic E-state index is 11.8. The highest BCUT2D eigenvalue weighted by molar-refractivity contribution is 5.92. The van der Waals surface area contributed by atoms with Gasteiger partial charge < -0.3 is 10.4 Å². The number of rotatable bonds is 3. The summed E-state index contributed by atoms with van der Waals surface area (Å²) < 4.78 is 0. The first kappa shape index (κ1) is 14.3. The van der Waals surface area contributed by atoms with Crippen LogP contribution in [0.15, 0.2) is 18.2 Å². The maximum absolute atomic E-state index is 11.8. The SMILES string of the molecule is Cc1cc(NC(=O)NN2CCCCC2)ccc1C(=O)O. The number of nitrogens with one attached hydrogen (secondary N) is 2. The molecule has 1 aliphatic rings. The summed E-state index contributed by atoms with van der Waals surface area (Å²) in [5, 5.41) is 13.6. The topological polar surface area (TPSA) is 81.7 Å². The molecule has 1 aromatic rings. The Morgan fingerprint density at radius 2 is 1.90 bits per heavy atom. The van der Waals surface area contributed by atoms with Gasteiger partial charge in [-0.3, -0.25) is 5.43 Å². The molecule has 0 spiro atoms. The molecule has 0 aromatic heterocycles. The Morgan fingerprint density at radius 1 is 1.20 bits per heavy atom. The highest BCUT2D eigenvalue weighted by Gasteiger charge is 2.13. The average molecular weight is 277 g/mol. The van der Waals surface area contributed by atoms with Crippen LogP contribution in [0.5, 0.6) is 0 Å². The summed E-state index contributed by atoms with van der Waals surface area (Å²) in [5.74, 6) is -0.966. The lowest BCUT2D eigenvalue weighted by atomic mass is 10.1. The molecule has 0 aliphatic carbocycles. The van der Waals surface area contributed by atoms with E-state index in [9.17, 15) is 9.59 Å². The number of carbonyl (C=O) groups is 2. The van der Waals surface area contributed by atoms with Gasteiger partial charge in [-0.25, -0.2) is 14.6 Å². The van der Waals surface area contributed by atoms with Crippen LogP contribution in [0.25, 0.3) is 0 Å². The number of benzene rings is 1. The second-order valence-corrected chi connectivity index (χ2v) is 4.95. The van der Waals surface area contributed by atoms with Gasteiger partial charge in [-0.05, 0) is 43.5 Å². The molecule has 6 nitrogen and oxygen atoms in total. The molecule has 6 heteroatoms. The van der Waals surface area contributed by atoms with E-state index in [0.29, 0.717) is 11.3 Å². The Labute approximate surface area is 117 Å². The zero-order valence-corrected chi connectivity index (χ0v) is 11.5. The van der Waals surface area contributed by atoms with Crippen LogP contribution in [-0.2, 0) is 0 Å². The van der Waals surface area contributed by atoms with Crippen molar-refractivity contribution in [2.24, 2.45) is 0 Å². The van der Waals surface area contributed by atoms with E-state index in [0.717, 1.165) is 25.9 Å². The molecule has 108 valence electrons. The molecule has 0 saturated carbocycles. The number of carboxylic acid groups (broad SMARTS) is 1. The number of amides is 2. The zero-order valence-electron chi connectivity index (χ0n) is 11.5. The Morgan fingerprint density at radius 3 is 2.50 bits per heavy atom. The Balaban J connectivity index is 1.93. The molecule has 2 amide bonds. The van der Waals surface area contributed by atoms with Crippen molar-refractivity contribution in [3.63, 3.8) is 0 Å². The molecule has 1 fully saturated rings. The Hall–Kier alpha value is -2.08. The first-order valence-corrected chi connectivity index (χ1v) is 6.73. The average Bonchev–Trinajstić information content (AvgIpc) is 2.39. The zero-order chi connectivity index (χ0) is 14.5. The van der Waals surface area contributed by atoms with Crippen LogP contribution in [0.3, 0.4) is 0 Å². The van der Waals surface area contributed by atoms with Gasteiger partial charge in [0.15, 0.2) is 0 Å². The van der Waals surface area contributed by atoms with Crippen molar-refractivity contribution in [3.8, 4) is 0 Å². The van der Waals surface area contributed by atoms with Crippen molar-refractivity contribution in [2.75, 3.05) is 18.4 Å². The van der Waals surface area contributed by atoms with Gasteiger partial charge in [-0.2, -0.15) is 0 Å². The summed E-state index contributed by atoms with van der Waals surface area (Å²) in [6.07, 6.45) is 3.38. The molecule has 3 N–H and O–H groups in total. The fraction of sp³-hybridized carbons (Fsp3) is 0.429. The fourth-order valence-corrected chi connectivity index (χ4v) is 2.29. The number of hydrazine groups is 1. The first-order valence-electron chi connectivity index (χ1n) is 6.73. The van der Waals surface area contributed by atoms with Gasteiger partial charge in [0.1, 0.15) is 0 Å². The lowest BCUT2D eigenvalue weighted by Gasteiger charge is -2.26. The monoisotopic (exact) mass is 277 g/mol. The second-order valence-electron chi connectivity index (χ2n) is 4.95. The third-order valence-corrected chi connectivity index (χ3v) is 3.33. The number of aromatic carboxylic acids is 1. The number of hydrogen-bond donors (Lipinski definition) is 3. The summed E-state index contributed by atoms with van der Waals surface area (Å²) in [6.45, 7) is 3.44. The molecular weight excluding hydrogens is 258 g/mol. The normalized spacial score (nSPS) is 15.7. The third kappa shape index (κ3) is 3.71. The van der Waals surface area contributed by atoms with Crippen molar-refractivity contribution in [2.45, 2.75) is 26.2 Å². The van der Waals surface area contributed by atoms with Gasteiger partial charge >= 0.3 is 12.0 Å². The van der Waals surface area contributed by atoms with E-state index in [4.69, 9.17) is 5.11 Å². The summed E-state index contributed by atoms with van der Waals surface area (Å²) in [6, 6.07) is 4.44. The second kappa shape index (κ2) is 6.38. The molecule has 2 rings (SSSR count). The van der Waals surface area contributed by atoms with Crippen molar-refractivity contribution in [3.05, 3.63) is 29.3 Å². The number of aryl methyl sites for hydroxylation is 1. The van der Waals surface area contributed by atoms with Crippen LogP contribution in [0, 0.1) is 6.92 Å². The smallest absolute Gasteiger partial charge is 0.335 e. The van der Waals surface area contributed by atoms with Crippen LogP contribution in [0.2, 0.25) is 0 Å². The van der Waals surface area contributed by atoms with Crippen molar-refractivity contribution in [1.82, 2.24) is 10.4 Å². The molecule has 20 heavy (non-hydrogen) atoms. The van der Waals surface area contributed by atoms with Gasteiger partial charge in [-0.1, -0.05) is 6.42 Å². The predicted octanol–water partition coefficient (Wildman–Crippen LogP) is 2.22. The van der Waals surface area contributed by atoms with Gasteiger partial charge in [-0.15, -0.1) is 0 Å². The molecule has 1 aliphatic heterocycles. The van der Waals surface area contributed by atoms with E-state index in [1.807, 2.05) is 5.01 Å². The minimum Gasteiger partial charge on any atom is -0.478 e. The minimum absolute atomic E-state index is 0.243. The lowest BCUT2D eigenvalue weighted by Crippen LogP contribution is -2.46. The van der Waals surface area contributed by atoms with E-state index < -0.39 is 5.97 Å². The number of urea groups is 1. The van der Waals surface area contributed by atoms with E-state index in [-0.39, 0.29) is 11.6 Å². The quantitative estimate of drug-likeness (QED) is 0.791. The van der Waals surface area contributed by atoms with Gasteiger partial charge in [0.2, 0.25) is 0 Å². The van der Waals surface area contributed by atoms with Crippen molar-refractivity contribution < 1.29 is 14.7 Å². The van der Waals surface area contributed by atoms with Gasteiger partial charge in [0, 0.05) is 18.8 Å². The summed E-state index contributed by atoms with van der Waals surface area (Å²) >= 11 is 0. The standard InChI is InChI=1S/C14H19N3O3/c1-10-9-11(5-6-12(10)13(18)19)15-14(20)16-17-7-3-2-4-8-17/h5-6,9H,2-4,7-8H2,1H3,(H,18,19)(H2,15,16,20). The first-order chi connectivity index (χ1) is 9.56. The lowest BCUT2D eigenvalue weighted by molar-refractivity contribution is 0.0696. The number of hydrogen-bond acceptors (Lipinski definition) is 3. The van der Waals surface area contributed by atoms with E-state index >= 15 is 0 Å². The number of nitrogens with zero attached hydrogens (tertiary/aromatic N) is 1. The molecule has 1 heterocycles. The third-order valence-electron chi connectivity index (χ3n) is 3.33. The molecule has 0 bridgehead atoms. The van der Waals surface area contributed by atoms with Gasteiger partial charge in [0.05, 0.1) is 5.56 Å². The van der Waals surface area contributed by atoms with Crippen LogP contribution in [0.1, 0.15) is 35.2 Å². The molecule has 0 radical (unpaired) electrons. The predicted molar refractivity (Wildman–Crippen MR) is 75.7 cm³/mol. The molecule has 1 aromatic carbocycles. The summed E-state index contributed by atoms with van der Waals surface area (Å²) in [7, 11) is 0. The molecule has 0 unspecified atom stereocenters. The molecular formula is C14H19N3O3.